The second-order valence-corrected chi connectivity index (χ2v) is 5.86. The van der Waals surface area contributed by atoms with Crippen molar-refractivity contribution in [1.82, 2.24) is 4.90 Å². The van der Waals surface area contributed by atoms with Crippen molar-refractivity contribution in [2.75, 3.05) is 6.54 Å². The minimum atomic E-state index is 0.0571. The maximum atomic E-state index is 12.5. The van der Waals surface area contributed by atoms with E-state index < -0.39 is 0 Å². The van der Waals surface area contributed by atoms with E-state index in [2.05, 4.69) is 31.2 Å². The number of likely N-dealkylation sites (tertiary alicyclic amines) is 1. The molecular weight excluding hydrogens is 248 g/mol. The molecule has 3 nitrogen and oxygen atoms in total. The third kappa shape index (κ3) is 3.60. The minimum Gasteiger partial charge on any atom is -0.338 e. The van der Waals surface area contributed by atoms with Crippen molar-refractivity contribution < 1.29 is 4.79 Å². The van der Waals surface area contributed by atoms with Gasteiger partial charge in [0, 0.05) is 18.6 Å². The largest absolute Gasteiger partial charge is 0.338 e. The minimum absolute atomic E-state index is 0.0571. The van der Waals surface area contributed by atoms with Crippen LogP contribution in [0.15, 0.2) is 24.3 Å². The predicted molar refractivity (Wildman–Crippen MR) is 82.5 cm³/mol. The molecule has 1 aromatic carbocycles. The van der Waals surface area contributed by atoms with Gasteiger partial charge in [-0.15, -0.1) is 0 Å². The number of nitrogens with zero attached hydrogens (tertiary/aromatic N) is 1. The van der Waals surface area contributed by atoms with Gasteiger partial charge in [0.15, 0.2) is 0 Å². The molecule has 0 spiro atoms. The van der Waals surface area contributed by atoms with Crippen LogP contribution in [0.25, 0.3) is 0 Å². The normalized spacial score (nSPS) is 20.8. The summed E-state index contributed by atoms with van der Waals surface area (Å²) >= 11 is 0. The molecule has 1 fully saturated rings. The lowest BCUT2D eigenvalue weighted by atomic mass is 9.96. The van der Waals surface area contributed by atoms with E-state index in [1.165, 1.54) is 12.0 Å². The zero-order valence-electron chi connectivity index (χ0n) is 12.6. The van der Waals surface area contributed by atoms with Crippen molar-refractivity contribution >= 4 is 5.91 Å². The van der Waals surface area contributed by atoms with Crippen LogP contribution < -0.4 is 5.73 Å². The Kier molecular flexibility index (Phi) is 5.18. The van der Waals surface area contributed by atoms with Crippen molar-refractivity contribution in [3.63, 3.8) is 0 Å². The zero-order valence-corrected chi connectivity index (χ0v) is 12.6. The average molecular weight is 274 g/mol. The van der Waals surface area contributed by atoms with E-state index >= 15 is 0 Å². The molecule has 2 unspecified atom stereocenters. The summed E-state index contributed by atoms with van der Waals surface area (Å²) in [5, 5.41) is 0. The maximum Gasteiger partial charge on any atom is 0.227 e. The first-order valence-electron chi connectivity index (χ1n) is 7.74. The Morgan fingerprint density at radius 2 is 1.95 bits per heavy atom. The number of aryl methyl sites for hydroxylation is 1. The Morgan fingerprint density at radius 3 is 2.55 bits per heavy atom. The number of piperidine rings is 1. The highest BCUT2D eigenvalue weighted by Crippen LogP contribution is 2.20. The monoisotopic (exact) mass is 274 g/mol. The number of benzene rings is 1. The van der Waals surface area contributed by atoms with Gasteiger partial charge in [0.25, 0.3) is 0 Å². The van der Waals surface area contributed by atoms with Crippen molar-refractivity contribution in [1.29, 1.82) is 0 Å². The Labute approximate surface area is 122 Å². The first-order chi connectivity index (χ1) is 9.61. The van der Waals surface area contributed by atoms with Gasteiger partial charge in [-0.05, 0) is 43.7 Å². The standard InChI is InChI=1S/C17H26N2O/c1-3-14-7-9-15(10-8-14)12-17(20)19-11-5-4-6-16(19)13(2)18/h7-10,13,16H,3-6,11-12,18H2,1-2H3. The topological polar surface area (TPSA) is 46.3 Å². The number of hydrogen-bond acceptors (Lipinski definition) is 2. The summed E-state index contributed by atoms with van der Waals surface area (Å²) < 4.78 is 0. The molecule has 0 radical (unpaired) electrons. The van der Waals surface area contributed by atoms with Crippen molar-refractivity contribution in [3.05, 3.63) is 35.4 Å². The summed E-state index contributed by atoms with van der Waals surface area (Å²) in [5.41, 5.74) is 8.44. The first kappa shape index (κ1) is 15.0. The highest BCUT2D eigenvalue weighted by atomic mass is 16.2. The third-order valence-electron chi connectivity index (χ3n) is 4.26. The van der Waals surface area contributed by atoms with Crippen LogP contribution in [0.1, 0.15) is 44.2 Å². The number of carbonyl (C=O) groups excluding carboxylic acids is 1. The summed E-state index contributed by atoms with van der Waals surface area (Å²) in [6.07, 6.45) is 4.85. The molecule has 2 atom stereocenters. The lowest BCUT2D eigenvalue weighted by Gasteiger charge is -2.38. The molecule has 0 saturated carbocycles. The molecule has 0 aromatic heterocycles. The van der Waals surface area contributed by atoms with Gasteiger partial charge in [0.2, 0.25) is 5.91 Å². The molecule has 3 heteroatoms. The molecule has 20 heavy (non-hydrogen) atoms. The Morgan fingerprint density at radius 1 is 1.30 bits per heavy atom. The van der Waals surface area contributed by atoms with Crippen molar-refractivity contribution in [3.8, 4) is 0 Å². The summed E-state index contributed by atoms with van der Waals surface area (Å²) in [7, 11) is 0. The second-order valence-electron chi connectivity index (χ2n) is 5.86. The zero-order chi connectivity index (χ0) is 14.5. The molecule has 2 N–H and O–H groups in total. The van der Waals surface area contributed by atoms with Gasteiger partial charge in [0.1, 0.15) is 0 Å². The molecule has 2 rings (SSSR count). The predicted octanol–water partition coefficient (Wildman–Crippen LogP) is 2.52. The summed E-state index contributed by atoms with van der Waals surface area (Å²) in [6, 6.07) is 8.64. The smallest absolute Gasteiger partial charge is 0.227 e. The van der Waals surface area contributed by atoms with E-state index in [9.17, 15) is 4.79 Å². The van der Waals surface area contributed by atoms with Gasteiger partial charge in [-0.1, -0.05) is 31.2 Å². The number of carbonyl (C=O) groups is 1. The Bertz CT molecular complexity index is 439. The molecule has 1 aromatic rings. The van der Waals surface area contributed by atoms with Gasteiger partial charge in [-0.2, -0.15) is 0 Å². The SMILES string of the molecule is CCc1ccc(CC(=O)N2CCCCC2C(C)N)cc1. The van der Waals surface area contributed by atoms with Crippen LogP contribution in [-0.4, -0.2) is 29.4 Å². The Balaban J connectivity index is 2.01. The first-order valence-corrected chi connectivity index (χ1v) is 7.74. The van der Waals surface area contributed by atoms with Crippen LogP contribution in [0, 0.1) is 0 Å². The molecule has 1 amide bonds. The highest BCUT2D eigenvalue weighted by molar-refractivity contribution is 5.79. The number of amides is 1. The van der Waals surface area contributed by atoms with E-state index in [1.54, 1.807) is 0 Å². The fraction of sp³-hybridized carbons (Fsp3) is 0.588. The molecule has 1 saturated heterocycles. The Hall–Kier alpha value is -1.35. The van der Waals surface area contributed by atoms with Gasteiger partial charge in [-0.3, -0.25) is 4.79 Å². The number of rotatable bonds is 4. The fourth-order valence-electron chi connectivity index (χ4n) is 2.98. The molecule has 110 valence electrons. The van der Waals surface area contributed by atoms with Crippen LogP contribution in [-0.2, 0) is 17.6 Å². The van der Waals surface area contributed by atoms with E-state index in [0.717, 1.165) is 31.4 Å². The third-order valence-corrected chi connectivity index (χ3v) is 4.26. The average Bonchev–Trinajstić information content (AvgIpc) is 2.48. The van der Waals surface area contributed by atoms with Gasteiger partial charge in [0.05, 0.1) is 6.42 Å². The van der Waals surface area contributed by atoms with E-state index in [-0.39, 0.29) is 18.0 Å². The van der Waals surface area contributed by atoms with Crippen molar-refractivity contribution in [2.45, 2.75) is 58.0 Å². The van der Waals surface area contributed by atoms with E-state index in [0.29, 0.717) is 6.42 Å². The van der Waals surface area contributed by atoms with E-state index in [1.807, 2.05) is 11.8 Å². The molecule has 0 bridgehead atoms. The molecule has 1 heterocycles. The van der Waals surface area contributed by atoms with Crippen LogP contribution in [0.3, 0.4) is 0 Å². The summed E-state index contributed by atoms with van der Waals surface area (Å²) in [5.74, 6) is 0.219. The quantitative estimate of drug-likeness (QED) is 0.917. The number of hydrogen-bond donors (Lipinski definition) is 1. The summed E-state index contributed by atoms with van der Waals surface area (Å²) in [6.45, 7) is 5.01. The summed E-state index contributed by atoms with van der Waals surface area (Å²) in [4.78, 5) is 14.5. The molecular formula is C17H26N2O. The van der Waals surface area contributed by atoms with Crippen molar-refractivity contribution in [2.24, 2.45) is 5.73 Å². The van der Waals surface area contributed by atoms with E-state index in [4.69, 9.17) is 5.73 Å². The number of nitrogens with two attached hydrogens (primary N) is 1. The van der Waals surface area contributed by atoms with Gasteiger partial charge < -0.3 is 10.6 Å². The van der Waals surface area contributed by atoms with Gasteiger partial charge in [-0.25, -0.2) is 0 Å². The lowest BCUT2D eigenvalue weighted by molar-refractivity contribution is -0.134. The molecule has 0 aliphatic carbocycles. The molecule has 1 aliphatic rings. The van der Waals surface area contributed by atoms with Crippen LogP contribution in [0.5, 0.6) is 0 Å². The maximum absolute atomic E-state index is 12.5. The van der Waals surface area contributed by atoms with Crippen LogP contribution in [0.4, 0.5) is 0 Å². The lowest BCUT2D eigenvalue weighted by Crippen LogP contribution is -2.52. The van der Waals surface area contributed by atoms with Crippen LogP contribution in [0.2, 0.25) is 0 Å². The highest BCUT2D eigenvalue weighted by Gasteiger charge is 2.28. The molecule has 1 aliphatic heterocycles. The van der Waals surface area contributed by atoms with Crippen LogP contribution >= 0.6 is 0 Å². The van der Waals surface area contributed by atoms with Gasteiger partial charge >= 0.3 is 0 Å². The fourth-order valence-corrected chi connectivity index (χ4v) is 2.98. The second kappa shape index (κ2) is 6.89.